The molecule has 0 amide bonds. The van der Waals surface area contributed by atoms with Crippen molar-refractivity contribution < 1.29 is 9.47 Å². The van der Waals surface area contributed by atoms with E-state index in [9.17, 15) is 0 Å². The second-order valence-corrected chi connectivity index (χ2v) is 6.39. The number of hydrogen-bond acceptors (Lipinski definition) is 3. The smallest absolute Gasteiger partial charge is 0.134 e. The quantitative estimate of drug-likeness (QED) is 0.766. The summed E-state index contributed by atoms with van der Waals surface area (Å²) in [7, 11) is 1.65. The third-order valence-corrected chi connectivity index (χ3v) is 4.94. The van der Waals surface area contributed by atoms with Crippen LogP contribution in [-0.2, 0) is 0 Å². The molecule has 1 aromatic carbocycles. The van der Waals surface area contributed by atoms with Gasteiger partial charge in [0.1, 0.15) is 11.5 Å². The summed E-state index contributed by atoms with van der Waals surface area (Å²) in [6, 6.07) is 3.83. The Hall–Kier alpha value is 0.130. The van der Waals surface area contributed by atoms with E-state index in [1.807, 2.05) is 12.1 Å². The third-order valence-electron chi connectivity index (χ3n) is 3.03. The Bertz CT molecular complexity index is 419. The van der Waals surface area contributed by atoms with Crippen molar-refractivity contribution in [1.82, 2.24) is 0 Å². The lowest BCUT2D eigenvalue weighted by atomic mass is 10.2. The molecule has 1 aliphatic rings. The molecule has 0 spiro atoms. The Morgan fingerprint density at radius 1 is 1.24 bits per heavy atom. The van der Waals surface area contributed by atoms with Crippen molar-refractivity contribution in [1.29, 1.82) is 0 Å². The van der Waals surface area contributed by atoms with Crippen molar-refractivity contribution in [3.63, 3.8) is 0 Å². The molecule has 94 valence electrons. The van der Waals surface area contributed by atoms with Gasteiger partial charge in [0.2, 0.25) is 0 Å². The van der Waals surface area contributed by atoms with E-state index in [1.165, 1.54) is 12.8 Å². The molecule has 0 aliphatic heterocycles. The summed E-state index contributed by atoms with van der Waals surface area (Å²) < 4.78 is 12.9. The maximum absolute atomic E-state index is 5.85. The molecule has 0 heterocycles. The van der Waals surface area contributed by atoms with Crippen LogP contribution in [0.1, 0.15) is 12.8 Å². The summed E-state index contributed by atoms with van der Waals surface area (Å²) in [4.78, 5) is 0. The van der Waals surface area contributed by atoms with Crippen LogP contribution in [0, 0.1) is 5.41 Å². The van der Waals surface area contributed by atoms with Gasteiger partial charge >= 0.3 is 0 Å². The topological polar surface area (TPSA) is 18.5 Å². The molecule has 0 radical (unpaired) electrons. The van der Waals surface area contributed by atoms with E-state index >= 15 is 0 Å². The van der Waals surface area contributed by atoms with Gasteiger partial charge in [0.05, 0.1) is 22.7 Å². The number of thiol groups is 1. The van der Waals surface area contributed by atoms with Crippen molar-refractivity contribution in [2.24, 2.45) is 5.41 Å². The molecule has 17 heavy (non-hydrogen) atoms. The predicted octanol–water partition coefficient (Wildman–Crippen LogP) is 4.31. The second-order valence-electron chi connectivity index (χ2n) is 4.36. The van der Waals surface area contributed by atoms with Gasteiger partial charge in [0, 0.05) is 5.41 Å². The van der Waals surface area contributed by atoms with Crippen molar-refractivity contribution >= 4 is 44.5 Å². The van der Waals surface area contributed by atoms with E-state index in [0.29, 0.717) is 5.41 Å². The number of hydrogen-bond donors (Lipinski definition) is 1. The highest BCUT2D eigenvalue weighted by Gasteiger charge is 2.42. The summed E-state index contributed by atoms with van der Waals surface area (Å²) in [6.45, 7) is 0.730. The monoisotopic (exact) mass is 380 g/mol. The predicted molar refractivity (Wildman–Crippen MR) is 79.4 cm³/mol. The van der Waals surface area contributed by atoms with Crippen LogP contribution in [0.5, 0.6) is 11.5 Å². The van der Waals surface area contributed by atoms with Crippen LogP contribution < -0.4 is 9.47 Å². The zero-order valence-corrected chi connectivity index (χ0v) is 13.6. The van der Waals surface area contributed by atoms with Crippen molar-refractivity contribution in [2.45, 2.75) is 12.8 Å². The average molecular weight is 382 g/mol. The first-order valence-electron chi connectivity index (χ1n) is 5.37. The van der Waals surface area contributed by atoms with E-state index in [4.69, 9.17) is 9.47 Å². The molecule has 0 aromatic heterocycles. The molecule has 2 rings (SSSR count). The lowest BCUT2D eigenvalue weighted by molar-refractivity contribution is 0.249. The van der Waals surface area contributed by atoms with Crippen molar-refractivity contribution in [3.05, 3.63) is 21.1 Å². The fourth-order valence-corrected chi connectivity index (χ4v) is 2.86. The molecule has 5 heteroatoms. The lowest BCUT2D eigenvalue weighted by Crippen LogP contribution is -2.14. The van der Waals surface area contributed by atoms with Gasteiger partial charge in [-0.2, -0.15) is 12.6 Å². The fraction of sp³-hybridized carbons (Fsp3) is 0.500. The Labute approximate surface area is 124 Å². The molecule has 1 aliphatic carbocycles. The minimum atomic E-state index is 0.301. The van der Waals surface area contributed by atoms with E-state index in [1.54, 1.807) is 7.11 Å². The largest absolute Gasteiger partial charge is 0.496 e. The van der Waals surface area contributed by atoms with Gasteiger partial charge in [-0.3, -0.25) is 0 Å². The number of methoxy groups -OCH3 is 1. The van der Waals surface area contributed by atoms with E-state index in [0.717, 1.165) is 32.8 Å². The second kappa shape index (κ2) is 5.41. The molecular formula is C12H14Br2O2S. The van der Waals surface area contributed by atoms with Gasteiger partial charge < -0.3 is 9.47 Å². The molecular weight excluding hydrogens is 368 g/mol. The zero-order chi connectivity index (χ0) is 12.5. The van der Waals surface area contributed by atoms with Crippen LogP contribution in [0.15, 0.2) is 21.1 Å². The summed E-state index contributed by atoms with van der Waals surface area (Å²) in [5.41, 5.74) is 0.301. The first-order valence-corrected chi connectivity index (χ1v) is 7.59. The Morgan fingerprint density at radius 3 is 2.35 bits per heavy atom. The highest BCUT2D eigenvalue weighted by molar-refractivity contribution is 9.11. The van der Waals surface area contributed by atoms with Gasteiger partial charge in [-0.05, 0) is 62.6 Å². The maximum atomic E-state index is 5.85. The van der Waals surface area contributed by atoms with Crippen molar-refractivity contribution in [2.75, 3.05) is 19.5 Å². The Morgan fingerprint density at radius 2 is 1.82 bits per heavy atom. The Balaban J connectivity index is 2.08. The van der Waals surface area contributed by atoms with Crippen LogP contribution in [0.4, 0.5) is 0 Å². The molecule has 0 N–H and O–H groups in total. The van der Waals surface area contributed by atoms with E-state index in [2.05, 4.69) is 44.5 Å². The van der Waals surface area contributed by atoms with Crippen LogP contribution in [0.3, 0.4) is 0 Å². The highest BCUT2D eigenvalue weighted by atomic mass is 79.9. The Kier molecular flexibility index (Phi) is 4.31. The molecule has 1 aromatic rings. The molecule has 0 bridgehead atoms. The number of ether oxygens (including phenoxy) is 2. The fourth-order valence-electron chi connectivity index (χ4n) is 1.53. The van der Waals surface area contributed by atoms with Gasteiger partial charge in [-0.1, -0.05) is 0 Å². The third kappa shape index (κ3) is 3.12. The zero-order valence-electron chi connectivity index (χ0n) is 9.50. The van der Waals surface area contributed by atoms with Gasteiger partial charge in [0.25, 0.3) is 0 Å². The molecule has 0 atom stereocenters. The van der Waals surface area contributed by atoms with Crippen LogP contribution in [0.25, 0.3) is 0 Å². The highest BCUT2D eigenvalue weighted by Crippen LogP contribution is 2.47. The SMILES string of the molecule is COc1cc(Br)c(OCC2(CS)CC2)cc1Br. The van der Waals surface area contributed by atoms with Crippen LogP contribution in [0.2, 0.25) is 0 Å². The van der Waals surface area contributed by atoms with Crippen LogP contribution >= 0.6 is 44.5 Å². The summed E-state index contributed by atoms with van der Waals surface area (Å²) in [5, 5.41) is 0. The summed E-state index contributed by atoms with van der Waals surface area (Å²) in [5.74, 6) is 2.52. The lowest BCUT2D eigenvalue weighted by Gasteiger charge is -2.15. The normalized spacial score (nSPS) is 16.7. The molecule has 0 unspecified atom stereocenters. The first-order chi connectivity index (χ1) is 8.10. The van der Waals surface area contributed by atoms with Gasteiger partial charge in [0.15, 0.2) is 0 Å². The van der Waals surface area contributed by atoms with Gasteiger partial charge in [-0.15, -0.1) is 0 Å². The standard InChI is InChI=1S/C12H14Br2O2S/c1-15-10-4-9(14)11(5-8(10)13)16-6-12(7-17)2-3-12/h4-5,17H,2-3,6-7H2,1H3. The number of benzene rings is 1. The van der Waals surface area contributed by atoms with Crippen molar-refractivity contribution in [3.8, 4) is 11.5 Å². The molecule has 1 fully saturated rings. The van der Waals surface area contributed by atoms with Gasteiger partial charge in [-0.25, -0.2) is 0 Å². The average Bonchev–Trinajstić information content (AvgIpc) is 3.10. The molecule has 2 nitrogen and oxygen atoms in total. The molecule has 1 saturated carbocycles. The van der Waals surface area contributed by atoms with Crippen LogP contribution in [-0.4, -0.2) is 19.5 Å². The minimum Gasteiger partial charge on any atom is -0.496 e. The first kappa shape index (κ1) is 13.6. The summed E-state index contributed by atoms with van der Waals surface area (Å²) >= 11 is 11.3. The number of halogens is 2. The van der Waals surface area contributed by atoms with E-state index in [-0.39, 0.29) is 0 Å². The maximum Gasteiger partial charge on any atom is 0.134 e. The number of rotatable bonds is 5. The van der Waals surface area contributed by atoms with E-state index < -0.39 is 0 Å². The summed E-state index contributed by atoms with van der Waals surface area (Å²) in [6.07, 6.45) is 2.43. The molecule has 0 saturated heterocycles. The minimum absolute atomic E-state index is 0.301.